The summed E-state index contributed by atoms with van der Waals surface area (Å²) in [5.41, 5.74) is -2.31. The Labute approximate surface area is 209 Å². The summed E-state index contributed by atoms with van der Waals surface area (Å²) in [4.78, 5) is 29.0. The van der Waals surface area contributed by atoms with Gasteiger partial charge in [-0.2, -0.15) is 26.3 Å². The molecule has 1 aromatic heterocycles. The van der Waals surface area contributed by atoms with Crippen LogP contribution in [0.5, 0.6) is 0 Å². The molecule has 2 unspecified atom stereocenters. The first-order chi connectivity index (χ1) is 17.2. The molecule has 0 saturated heterocycles. The minimum Gasteiger partial charge on any atom is -0.481 e. The van der Waals surface area contributed by atoms with Crippen molar-refractivity contribution in [2.24, 2.45) is 5.92 Å². The summed E-state index contributed by atoms with van der Waals surface area (Å²) in [5, 5.41) is 10.3. The molecule has 3 rings (SSSR count). The topological polar surface area (TPSA) is 73.4 Å². The Morgan fingerprint density at radius 3 is 2.11 bits per heavy atom. The maximum atomic E-state index is 13.3. The average Bonchev–Trinajstić information content (AvgIpc) is 3.24. The van der Waals surface area contributed by atoms with Gasteiger partial charge in [0.2, 0.25) is 0 Å². The van der Waals surface area contributed by atoms with E-state index in [0.29, 0.717) is 18.6 Å². The maximum absolute atomic E-state index is 13.3. The molecule has 0 fully saturated rings. The van der Waals surface area contributed by atoms with Crippen LogP contribution in [0.4, 0.5) is 26.3 Å². The van der Waals surface area contributed by atoms with Gasteiger partial charge in [-0.1, -0.05) is 25.1 Å². The van der Waals surface area contributed by atoms with E-state index in [4.69, 9.17) is 0 Å². The number of H-pyrrole nitrogens is 1. The average molecular weight is 528 g/mol. The highest BCUT2D eigenvalue weighted by Crippen LogP contribution is 2.37. The molecule has 0 aliphatic rings. The van der Waals surface area contributed by atoms with Gasteiger partial charge in [0.15, 0.2) is 0 Å². The molecule has 2 atom stereocenters. The van der Waals surface area contributed by atoms with E-state index in [0.717, 1.165) is 21.4 Å². The Balaban J connectivity index is 1.99. The number of halogens is 6. The van der Waals surface area contributed by atoms with E-state index < -0.39 is 52.9 Å². The van der Waals surface area contributed by atoms with Crippen molar-refractivity contribution in [1.82, 2.24) is 9.88 Å². The second-order valence-corrected chi connectivity index (χ2v) is 8.95. The van der Waals surface area contributed by atoms with Crippen LogP contribution in [0.25, 0.3) is 10.9 Å². The zero-order chi connectivity index (χ0) is 27.5. The van der Waals surface area contributed by atoms with Crippen LogP contribution in [0.1, 0.15) is 53.2 Å². The molecule has 2 N–H and O–H groups in total. The maximum Gasteiger partial charge on any atom is 0.416 e. The van der Waals surface area contributed by atoms with E-state index >= 15 is 0 Å². The summed E-state index contributed by atoms with van der Waals surface area (Å²) in [5.74, 6) is -2.75. The standard InChI is InChI=1S/C26H26F6N2O3/c1-3-15(24(36)37)8-9-20(12-17-14-33-22-7-5-4-6-21(17)22)34(2)23(35)16-10-18(25(27,28)29)13-19(11-16)26(30,31)32/h4-7,10-11,13-15,20,33H,3,8-9,12H2,1-2H3,(H,36,37). The Morgan fingerprint density at radius 1 is 0.973 bits per heavy atom. The number of aromatic nitrogens is 1. The minimum atomic E-state index is -5.09. The molecular weight excluding hydrogens is 502 g/mol. The van der Waals surface area contributed by atoms with Gasteiger partial charge in [0.25, 0.3) is 5.91 Å². The van der Waals surface area contributed by atoms with E-state index in [-0.39, 0.29) is 25.3 Å². The van der Waals surface area contributed by atoms with Crippen LogP contribution in [0.15, 0.2) is 48.7 Å². The summed E-state index contributed by atoms with van der Waals surface area (Å²) < 4.78 is 80.0. The number of hydrogen-bond donors (Lipinski definition) is 2. The summed E-state index contributed by atoms with van der Waals surface area (Å²) in [6.07, 6.45) is -7.56. The molecular formula is C26H26F6N2O3. The number of rotatable bonds is 9. The van der Waals surface area contributed by atoms with E-state index in [2.05, 4.69) is 4.98 Å². The molecule has 11 heteroatoms. The largest absolute Gasteiger partial charge is 0.481 e. The highest BCUT2D eigenvalue weighted by Gasteiger charge is 2.38. The number of carbonyl (C=O) groups excluding carboxylic acids is 1. The minimum absolute atomic E-state index is 0.0289. The third-order valence-corrected chi connectivity index (χ3v) is 6.52. The summed E-state index contributed by atoms with van der Waals surface area (Å²) in [7, 11) is 1.30. The van der Waals surface area contributed by atoms with Crippen molar-refractivity contribution in [3.8, 4) is 0 Å². The SMILES string of the molecule is CCC(CCC(Cc1c[nH]c2ccccc12)N(C)C(=O)c1cc(C(F)(F)F)cc(C(F)(F)F)c1)C(=O)O. The summed E-state index contributed by atoms with van der Waals surface area (Å²) in [6, 6.07) is 7.40. The molecule has 0 aliphatic heterocycles. The number of benzene rings is 2. The highest BCUT2D eigenvalue weighted by molar-refractivity contribution is 5.95. The first-order valence-electron chi connectivity index (χ1n) is 11.6. The number of hydrogen-bond acceptors (Lipinski definition) is 2. The predicted molar refractivity (Wildman–Crippen MR) is 125 cm³/mol. The van der Waals surface area contributed by atoms with Crippen molar-refractivity contribution in [1.29, 1.82) is 0 Å². The number of carbonyl (C=O) groups is 2. The van der Waals surface area contributed by atoms with Gasteiger partial charge in [0.1, 0.15) is 0 Å². The van der Waals surface area contributed by atoms with E-state index in [1.165, 1.54) is 7.05 Å². The molecule has 0 radical (unpaired) electrons. The Morgan fingerprint density at radius 2 is 1.57 bits per heavy atom. The van der Waals surface area contributed by atoms with Crippen molar-refractivity contribution in [3.05, 3.63) is 70.9 Å². The van der Waals surface area contributed by atoms with Gasteiger partial charge >= 0.3 is 18.3 Å². The third kappa shape index (κ3) is 6.64. The number of aliphatic carboxylic acids is 1. The van der Waals surface area contributed by atoms with Crippen LogP contribution in [0.3, 0.4) is 0 Å². The van der Waals surface area contributed by atoms with Gasteiger partial charge in [-0.15, -0.1) is 0 Å². The number of nitrogens with zero attached hydrogens (tertiary/aromatic N) is 1. The van der Waals surface area contributed by atoms with Gasteiger partial charge in [0, 0.05) is 35.8 Å². The lowest BCUT2D eigenvalue weighted by atomic mass is 9.93. The normalized spacial score (nSPS) is 13.9. The lowest BCUT2D eigenvalue weighted by molar-refractivity contribution is -0.143. The lowest BCUT2D eigenvalue weighted by Crippen LogP contribution is -2.39. The lowest BCUT2D eigenvalue weighted by Gasteiger charge is -2.30. The first-order valence-corrected chi connectivity index (χ1v) is 11.6. The number of amides is 1. The number of fused-ring (bicyclic) bond motifs is 1. The Hall–Kier alpha value is -3.50. The number of likely N-dealkylation sites (N-methyl/N-ethyl adjacent to an activating group) is 1. The van der Waals surface area contributed by atoms with Crippen molar-refractivity contribution < 1.29 is 41.0 Å². The molecule has 5 nitrogen and oxygen atoms in total. The number of carboxylic acid groups (broad SMARTS) is 1. The van der Waals surface area contributed by atoms with E-state index in [9.17, 15) is 41.0 Å². The molecule has 2 aromatic carbocycles. The van der Waals surface area contributed by atoms with Gasteiger partial charge in [0.05, 0.1) is 17.0 Å². The van der Waals surface area contributed by atoms with Crippen LogP contribution in [-0.4, -0.2) is 40.0 Å². The predicted octanol–water partition coefficient (Wildman–Crippen LogP) is 6.78. The fourth-order valence-electron chi connectivity index (χ4n) is 4.33. The highest BCUT2D eigenvalue weighted by atomic mass is 19.4. The monoisotopic (exact) mass is 528 g/mol. The number of nitrogens with one attached hydrogen (secondary N) is 1. The van der Waals surface area contributed by atoms with Crippen molar-refractivity contribution in [2.75, 3.05) is 7.05 Å². The second-order valence-electron chi connectivity index (χ2n) is 8.95. The van der Waals surface area contributed by atoms with Gasteiger partial charge in [-0.25, -0.2) is 0 Å². The number of aromatic amines is 1. The fourth-order valence-corrected chi connectivity index (χ4v) is 4.33. The summed E-state index contributed by atoms with van der Waals surface area (Å²) >= 11 is 0. The fraction of sp³-hybridized carbons (Fsp3) is 0.385. The van der Waals surface area contributed by atoms with Crippen LogP contribution in [0.2, 0.25) is 0 Å². The van der Waals surface area contributed by atoms with Crippen molar-refractivity contribution >= 4 is 22.8 Å². The quantitative estimate of drug-likeness (QED) is 0.301. The van der Waals surface area contributed by atoms with Crippen LogP contribution in [-0.2, 0) is 23.6 Å². The number of carboxylic acids is 1. The van der Waals surface area contributed by atoms with Crippen LogP contribution in [0, 0.1) is 5.92 Å². The number of para-hydroxylation sites is 1. The van der Waals surface area contributed by atoms with E-state index in [1.54, 1.807) is 13.1 Å². The molecule has 200 valence electrons. The molecule has 0 spiro atoms. The third-order valence-electron chi connectivity index (χ3n) is 6.52. The van der Waals surface area contributed by atoms with Gasteiger partial charge in [-0.3, -0.25) is 9.59 Å². The Kier molecular flexibility index (Phi) is 8.24. The second kappa shape index (κ2) is 10.9. The van der Waals surface area contributed by atoms with Crippen LogP contribution >= 0.6 is 0 Å². The van der Waals surface area contributed by atoms with Gasteiger partial charge in [-0.05, 0) is 55.5 Å². The molecule has 0 saturated carbocycles. The molecule has 1 amide bonds. The van der Waals surface area contributed by atoms with Crippen molar-refractivity contribution in [2.45, 2.75) is 51.0 Å². The Bertz CT molecular complexity index is 1230. The molecule has 1 heterocycles. The zero-order valence-corrected chi connectivity index (χ0v) is 20.1. The molecule has 0 bridgehead atoms. The molecule has 3 aromatic rings. The zero-order valence-electron chi connectivity index (χ0n) is 20.1. The van der Waals surface area contributed by atoms with Gasteiger partial charge < -0.3 is 15.0 Å². The smallest absolute Gasteiger partial charge is 0.416 e. The van der Waals surface area contributed by atoms with E-state index in [1.807, 2.05) is 24.3 Å². The molecule has 37 heavy (non-hydrogen) atoms. The molecule has 0 aliphatic carbocycles. The van der Waals surface area contributed by atoms with Crippen LogP contribution < -0.4 is 0 Å². The first kappa shape index (κ1) is 28.1. The van der Waals surface area contributed by atoms with Crippen molar-refractivity contribution in [3.63, 3.8) is 0 Å². The summed E-state index contributed by atoms with van der Waals surface area (Å²) in [6.45, 7) is 1.70. The number of alkyl halides is 6.